The van der Waals surface area contributed by atoms with Crippen molar-refractivity contribution >= 4 is 33.0 Å². The van der Waals surface area contributed by atoms with Gasteiger partial charge in [0.15, 0.2) is 9.84 Å². The Morgan fingerprint density at radius 3 is 2.56 bits per heavy atom. The summed E-state index contributed by atoms with van der Waals surface area (Å²) in [5, 5.41) is 4.68. The van der Waals surface area contributed by atoms with Crippen molar-refractivity contribution in [2.75, 3.05) is 18.1 Å². The van der Waals surface area contributed by atoms with Gasteiger partial charge in [-0.15, -0.1) is 11.3 Å². The highest BCUT2D eigenvalue weighted by atomic mass is 32.2. The maximum atomic E-state index is 12.8. The first-order valence-electron chi connectivity index (χ1n) is 8.80. The Bertz CT molecular complexity index is 880. The number of carbonyl (C=O) groups is 2. The van der Waals surface area contributed by atoms with E-state index >= 15 is 0 Å². The zero-order valence-corrected chi connectivity index (χ0v) is 16.5. The first-order valence-corrected chi connectivity index (χ1v) is 11.5. The van der Waals surface area contributed by atoms with E-state index in [1.54, 1.807) is 40.5 Å². The number of sulfone groups is 1. The van der Waals surface area contributed by atoms with Gasteiger partial charge in [0.1, 0.15) is 0 Å². The molecule has 1 aliphatic heterocycles. The van der Waals surface area contributed by atoms with Gasteiger partial charge in [-0.1, -0.05) is 24.3 Å². The predicted octanol–water partition coefficient (Wildman–Crippen LogP) is 2.08. The van der Waals surface area contributed by atoms with Gasteiger partial charge in [0.25, 0.3) is 5.91 Å². The summed E-state index contributed by atoms with van der Waals surface area (Å²) in [6.45, 7) is 0.621. The van der Waals surface area contributed by atoms with E-state index in [-0.39, 0.29) is 42.3 Å². The van der Waals surface area contributed by atoms with Crippen LogP contribution in [0.4, 0.5) is 0 Å². The number of hydrogen-bond acceptors (Lipinski definition) is 5. The summed E-state index contributed by atoms with van der Waals surface area (Å²) in [5.74, 6) is -0.229. The van der Waals surface area contributed by atoms with Gasteiger partial charge in [-0.25, -0.2) is 8.42 Å². The standard InChI is InChI=1S/C19H22N2O4S2/c22-18(8-10-20-19(23)15-5-2-1-3-6-15)21(13-17-7-4-11-26-17)16-9-12-27(24,25)14-16/h1-7,11,16H,8-10,12-14H2,(H,20,23)/t16-/m1/s1. The molecule has 8 heteroatoms. The average Bonchev–Trinajstić information content (AvgIpc) is 3.29. The molecule has 3 rings (SSSR count). The Morgan fingerprint density at radius 2 is 1.93 bits per heavy atom. The van der Waals surface area contributed by atoms with E-state index in [0.717, 1.165) is 4.88 Å². The molecule has 0 bridgehead atoms. The number of nitrogens with one attached hydrogen (secondary N) is 1. The van der Waals surface area contributed by atoms with Crippen molar-refractivity contribution in [3.05, 3.63) is 58.3 Å². The summed E-state index contributed by atoms with van der Waals surface area (Å²) >= 11 is 1.54. The summed E-state index contributed by atoms with van der Waals surface area (Å²) in [6, 6.07) is 12.4. The van der Waals surface area contributed by atoms with E-state index in [0.29, 0.717) is 18.5 Å². The first kappa shape index (κ1) is 19.6. The Morgan fingerprint density at radius 1 is 1.15 bits per heavy atom. The van der Waals surface area contributed by atoms with Gasteiger partial charge in [0.2, 0.25) is 5.91 Å². The van der Waals surface area contributed by atoms with E-state index in [9.17, 15) is 18.0 Å². The Labute approximate surface area is 163 Å². The summed E-state index contributed by atoms with van der Waals surface area (Å²) in [7, 11) is -3.08. The molecule has 2 amide bonds. The van der Waals surface area contributed by atoms with Crippen molar-refractivity contribution in [1.82, 2.24) is 10.2 Å². The number of hydrogen-bond donors (Lipinski definition) is 1. The molecule has 144 valence electrons. The van der Waals surface area contributed by atoms with E-state index < -0.39 is 9.84 Å². The third-order valence-corrected chi connectivity index (χ3v) is 7.15. The first-order chi connectivity index (χ1) is 12.9. The topological polar surface area (TPSA) is 83.6 Å². The normalized spacial score (nSPS) is 18.1. The molecule has 1 aliphatic rings. The number of rotatable bonds is 7. The molecule has 2 heterocycles. The Balaban J connectivity index is 1.60. The molecular weight excluding hydrogens is 384 g/mol. The van der Waals surface area contributed by atoms with Crippen molar-refractivity contribution in [3.63, 3.8) is 0 Å². The molecular formula is C19H22N2O4S2. The summed E-state index contributed by atoms with van der Waals surface area (Å²) < 4.78 is 23.7. The quantitative estimate of drug-likeness (QED) is 0.763. The van der Waals surface area contributed by atoms with Gasteiger partial charge in [-0.05, 0) is 30.0 Å². The Kier molecular flexibility index (Phi) is 6.28. The molecule has 2 aromatic rings. The van der Waals surface area contributed by atoms with E-state index in [2.05, 4.69) is 5.32 Å². The molecule has 1 aromatic heterocycles. The monoisotopic (exact) mass is 406 g/mol. The molecule has 6 nitrogen and oxygen atoms in total. The minimum Gasteiger partial charge on any atom is -0.352 e. The van der Waals surface area contributed by atoms with Gasteiger partial charge in [0.05, 0.1) is 18.1 Å². The summed E-state index contributed by atoms with van der Waals surface area (Å²) in [6.07, 6.45) is 0.607. The third-order valence-electron chi connectivity index (χ3n) is 4.54. The lowest BCUT2D eigenvalue weighted by atomic mass is 10.2. The van der Waals surface area contributed by atoms with Crippen LogP contribution in [0.2, 0.25) is 0 Å². The maximum Gasteiger partial charge on any atom is 0.251 e. The fourth-order valence-corrected chi connectivity index (χ4v) is 5.56. The molecule has 0 radical (unpaired) electrons. The van der Waals surface area contributed by atoms with Crippen LogP contribution < -0.4 is 5.32 Å². The van der Waals surface area contributed by atoms with Crippen LogP contribution in [0.3, 0.4) is 0 Å². The molecule has 0 unspecified atom stereocenters. The van der Waals surface area contributed by atoms with Crippen LogP contribution in [-0.2, 0) is 21.2 Å². The van der Waals surface area contributed by atoms with Crippen molar-refractivity contribution in [2.24, 2.45) is 0 Å². The van der Waals surface area contributed by atoms with Crippen molar-refractivity contribution in [3.8, 4) is 0 Å². The van der Waals surface area contributed by atoms with E-state index in [1.165, 1.54) is 0 Å². The fraction of sp³-hybridized carbons (Fsp3) is 0.368. The van der Waals surface area contributed by atoms with Crippen LogP contribution in [0, 0.1) is 0 Å². The van der Waals surface area contributed by atoms with Crippen molar-refractivity contribution in [2.45, 2.75) is 25.4 Å². The maximum absolute atomic E-state index is 12.8. The lowest BCUT2D eigenvalue weighted by molar-refractivity contribution is -0.133. The van der Waals surface area contributed by atoms with Crippen LogP contribution in [-0.4, -0.2) is 49.2 Å². The molecule has 1 saturated heterocycles. The third kappa shape index (κ3) is 5.40. The molecule has 0 saturated carbocycles. The van der Waals surface area contributed by atoms with E-state index in [4.69, 9.17) is 0 Å². The lowest BCUT2D eigenvalue weighted by Gasteiger charge is -2.28. The SMILES string of the molecule is O=C(NCCC(=O)N(Cc1cccs1)[C@@H]1CCS(=O)(=O)C1)c1ccccc1. The molecule has 1 aromatic carbocycles. The zero-order valence-electron chi connectivity index (χ0n) is 14.8. The van der Waals surface area contributed by atoms with Gasteiger partial charge < -0.3 is 10.2 Å². The Hall–Kier alpha value is -2.19. The summed E-state index contributed by atoms with van der Waals surface area (Å²) in [5.41, 5.74) is 0.544. The van der Waals surface area contributed by atoms with Crippen LogP contribution in [0.1, 0.15) is 28.1 Å². The lowest BCUT2D eigenvalue weighted by Crippen LogP contribution is -2.41. The fourth-order valence-electron chi connectivity index (χ4n) is 3.13. The molecule has 1 atom stereocenters. The van der Waals surface area contributed by atoms with Gasteiger partial charge in [0, 0.05) is 29.4 Å². The average molecular weight is 407 g/mol. The number of amides is 2. The number of carbonyl (C=O) groups excluding carboxylic acids is 2. The second kappa shape index (κ2) is 8.67. The van der Waals surface area contributed by atoms with Crippen LogP contribution in [0.5, 0.6) is 0 Å². The number of thiophene rings is 1. The molecule has 0 aliphatic carbocycles. The number of nitrogens with zero attached hydrogens (tertiary/aromatic N) is 1. The van der Waals surface area contributed by atoms with Crippen LogP contribution in [0.25, 0.3) is 0 Å². The molecule has 27 heavy (non-hydrogen) atoms. The number of benzene rings is 1. The van der Waals surface area contributed by atoms with Gasteiger partial charge in [-0.3, -0.25) is 9.59 Å². The van der Waals surface area contributed by atoms with Crippen LogP contribution in [0.15, 0.2) is 47.8 Å². The van der Waals surface area contributed by atoms with Gasteiger partial charge >= 0.3 is 0 Å². The highest BCUT2D eigenvalue weighted by molar-refractivity contribution is 7.91. The molecule has 1 N–H and O–H groups in total. The van der Waals surface area contributed by atoms with Gasteiger partial charge in [-0.2, -0.15) is 0 Å². The van der Waals surface area contributed by atoms with E-state index in [1.807, 2.05) is 23.6 Å². The second-order valence-electron chi connectivity index (χ2n) is 6.53. The predicted molar refractivity (Wildman–Crippen MR) is 105 cm³/mol. The van der Waals surface area contributed by atoms with Crippen molar-refractivity contribution < 1.29 is 18.0 Å². The van der Waals surface area contributed by atoms with Crippen LogP contribution >= 0.6 is 11.3 Å². The second-order valence-corrected chi connectivity index (χ2v) is 9.79. The van der Waals surface area contributed by atoms with Crippen molar-refractivity contribution in [1.29, 1.82) is 0 Å². The minimum absolute atomic E-state index is 0.0144. The minimum atomic E-state index is -3.08. The largest absolute Gasteiger partial charge is 0.352 e. The highest BCUT2D eigenvalue weighted by Gasteiger charge is 2.34. The zero-order chi connectivity index (χ0) is 19.3. The summed E-state index contributed by atoms with van der Waals surface area (Å²) in [4.78, 5) is 27.5. The smallest absolute Gasteiger partial charge is 0.251 e. The highest BCUT2D eigenvalue weighted by Crippen LogP contribution is 2.22. The molecule has 0 spiro atoms. The molecule has 1 fully saturated rings.